The van der Waals surface area contributed by atoms with Crippen LogP contribution in [0.25, 0.3) is 0 Å². The number of piperidine rings is 1. The van der Waals surface area contributed by atoms with Gasteiger partial charge in [-0.3, -0.25) is 4.79 Å². The van der Waals surface area contributed by atoms with Crippen molar-refractivity contribution in [1.29, 1.82) is 0 Å². The Bertz CT molecular complexity index is 720. The maximum Gasteiger partial charge on any atom is 0.307 e. The number of hydrogen-bond donors (Lipinski definition) is 1. The van der Waals surface area contributed by atoms with Crippen molar-refractivity contribution in [2.45, 2.75) is 19.4 Å². The molecule has 0 spiro atoms. The Morgan fingerprint density at radius 2 is 2.20 bits per heavy atom. The van der Waals surface area contributed by atoms with E-state index in [1.807, 2.05) is 12.1 Å². The molecule has 7 nitrogen and oxygen atoms in total. The van der Waals surface area contributed by atoms with Crippen LogP contribution in [-0.2, 0) is 21.5 Å². The summed E-state index contributed by atoms with van der Waals surface area (Å²) in [5, 5.41) is 9.20. The van der Waals surface area contributed by atoms with E-state index in [0.717, 1.165) is 5.56 Å². The third-order valence-corrected chi connectivity index (χ3v) is 6.17. The molecule has 1 unspecified atom stereocenters. The fourth-order valence-corrected chi connectivity index (χ4v) is 4.58. The molecule has 2 rings (SSSR count). The maximum atomic E-state index is 13.0. The van der Waals surface area contributed by atoms with Crippen LogP contribution in [0, 0.1) is 5.92 Å². The van der Waals surface area contributed by atoms with Crippen molar-refractivity contribution in [3.8, 4) is 5.75 Å². The molecule has 1 saturated heterocycles. The summed E-state index contributed by atoms with van der Waals surface area (Å²) in [6, 6.07) is 7.21. The quantitative estimate of drug-likeness (QED) is 0.706. The molecule has 1 aliphatic heterocycles. The van der Waals surface area contributed by atoms with E-state index in [-0.39, 0.29) is 19.6 Å². The summed E-state index contributed by atoms with van der Waals surface area (Å²) < 4.78 is 33.9. The molecule has 1 aliphatic rings. The topological polar surface area (TPSA) is 87.2 Å². The van der Waals surface area contributed by atoms with E-state index in [1.165, 1.54) is 21.8 Å². The van der Waals surface area contributed by atoms with E-state index in [2.05, 4.69) is 6.58 Å². The van der Waals surface area contributed by atoms with Gasteiger partial charge in [-0.25, -0.2) is 0 Å². The highest BCUT2D eigenvalue weighted by atomic mass is 32.2. The number of para-hydroxylation sites is 1. The van der Waals surface area contributed by atoms with Gasteiger partial charge in [0.2, 0.25) is 0 Å². The van der Waals surface area contributed by atoms with Crippen LogP contribution in [0.5, 0.6) is 5.75 Å². The van der Waals surface area contributed by atoms with Gasteiger partial charge < -0.3 is 9.84 Å². The number of ether oxygens (including phenoxy) is 1. The molecule has 0 bridgehead atoms. The molecule has 0 radical (unpaired) electrons. The standard InChI is InChI=1S/C17H24N2O5S/c1-3-10-18(12-14-7-4-5-9-16(14)24-2)25(22,23)19-11-6-8-15(13-19)17(20)21/h3-5,7,9,15H,1,6,8,10-13H2,2H3,(H,20,21). The molecule has 1 heterocycles. The van der Waals surface area contributed by atoms with E-state index in [9.17, 15) is 18.3 Å². The van der Waals surface area contributed by atoms with Gasteiger partial charge in [-0.15, -0.1) is 6.58 Å². The number of benzene rings is 1. The second-order valence-electron chi connectivity index (χ2n) is 5.94. The largest absolute Gasteiger partial charge is 0.496 e. The number of methoxy groups -OCH3 is 1. The van der Waals surface area contributed by atoms with Gasteiger partial charge in [0, 0.05) is 31.7 Å². The molecule has 138 valence electrons. The summed E-state index contributed by atoms with van der Waals surface area (Å²) in [5.41, 5.74) is 0.738. The Labute approximate surface area is 148 Å². The van der Waals surface area contributed by atoms with Crippen molar-refractivity contribution in [1.82, 2.24) is 8.61 Å². The van der Waals surface area contributed by atoms with Crippen LogP contribution in [-0.4, -0.2) is 54.8 Å². The fraction of sp³-hybridized carbons (Fsp3) is 0.471. The number of carboxylic acids is 1. The van der Waals surface area contributed by atoms with Gasteiger partial charge in [0.25, 0.3) is 10.2 Å². The minimum Gasteiger partial charge on any atom is -0.496 e. The highest BCUT2D eigenvalue weighted by Gasteiger charge is 2.35. The van der Waals surface area contributed by atoms with E-state index < -0.39 is 22.1 Å². The summed E-state index contributed by atoms with van der Waals surface area (Å²) >= 11 is 0. The molecule has 1 N–H and O–H groups in total. The summed E-state index contributed by atoms with van der Waals surface area (Å²) in [6.07, 6.45) is 2.55. The Hall–Kier alpha value is -1.90. The van der Waals surface area contributed by atoms with Crippen molar-refractivity contribution < 1.29 is 23.1 Å². The van der Waals surface area contributed by atoms with Gasteiger partial charge in [0.1, 0.15) is 5.75 Å². The van der Waals surface area contributed by atoms with Crippen LogP contribution >= 0.6 is 0 Å². The van der Waals surface area contributed by atoms with Crippen molar-refractivity contribution in [3.63, 3.8) is 0 Å². The predicted octanol–water partition coefficient (Wildman–Crippen LogP) is 1.72. The molecule has 0 aromatic heterocycles. The highest BCUT2D eigenvalue weighted by molar-refractivity contribution is 7.86. The van der Waals surface area contributed by atoms with Gasteiger partial charge >= 0.3 is 5.97 Å². The van der Waals surface area contributed by atoms with E-state index in [0.29, 0.717) is 25.1 Å². The summed E-state index contributed by atoms with van der Waals surface area (Å²) in [5.74, 6) is -1.02. The maximum absolute atomic E-state index is 13.0. The predicted molar refractivity (Wildman–Crippen MR) is 94.5 cm³/mol. The number of carbonyl (C=O) groups is 1. The molecule has 0 aliphatic carbocycles. The highest BCUT2D eigenvalue weighted by Crippen LogP contribution is 2.25. The Balaban J connectivity index is 2.25. The van der Waals surface area contributed by atoms with E-state index >= 15 is 0 Å². The number of carboxylic acid groups (broad SMARTS) is 1. The molecule has 0 amide bonds. The summed E-state index contributed by atoms with van der Waals surface area (Å²) in [4.78, 5) is 11.2. The molecule has 1 aromatic rings. The van der Waals surface area contributed by atoms with Crippen LogP contribution in [0.15, 0.2) is 36.9 Å². The summed E-state index contributed by atoms with van der Waals surface area (Å²) in [6.45, 7) is 4.22. The summed E-state index contributed by atoms with van der Waals surface area (Å²) in [7, 11) is -2.26. The van der Waals surface area contributed by atoms with Crippen LogP contribution in [0.2, 0.25) is 0 Å². The first kappa shape index (κ1) is 19.4. The second kappa shape index (κ2) is 8.46. The van der Waals surface area contributed by atoms with Crippen molar-refractivity contribution in [2.75, 3.05) is 26.7 Å². The fourth-order valence-electron chi connectivity index (χ4n) is 2.92. The number of nitrogens with zero attached hydrogens (tertiary/aromatic N) is 2. The first-order valence-corrected chi connectivity index (χ1v) is 9.50. The van der Waals surface area contributed by atoms with Gasteiger partial charge in [-0.1, -0.05) is 24.3 Å². The molecule has 25 heavy (non-hydrogen) atoms. The van der Waals surface area contributed by atoms with Gasteiger partial charge in [0.05, 0.1) is 13.0 Å². The molecule has 1 atom stereocenters. The lowest BCUT2D eigenvalue weighted by Gasteiger charge is -2.34. The Morgan fingerprint density at radius 3 is 2.84 bits per heavy atom. The van der Waals surface area contributed by atoms with E-state index in [4.69, 9.17) is 4.74 Å². The van der Waals surface area contributed by atoms with Crippen LogP contribution < -0.4 is 4.74 Å². The zero-order chi connectivity index (χ0) is 18.4. The third kappa shape index (κ3) is 4.59. The molecule has 1 aromatic carbocycles. The minimum absolute atomic E-state index is 0.00274. The SMILES string of the molecule is C=CCN(Cc1ccccc1OC)S(=O)(=O)N1CCCC(C(=O)O)C1. The third-order valence-electron chi connectivity index (χ3n) is 4.26. The molecule has 0 saturated carbocycles. The molecule has 8 heteroatoms. The smallest absolute Gasteiger partial charge is 0.307 e. The lowest BCUT2D eigenvalue weighted by Crippen LogP contribution is -2.49. The van der Waals surface area contributed by atoms with Crippen LogP contribution in [0.4, 0.5) is 0 Å². The number of hydrogen-bond acceptors (Lipinski definition) is 4. The number of rotatable bonds is 8. The van der Waals surface area contributed by atoms with Crippen molar-refractivity contribution >= 4 is 16.2 Å². The normalized spacial score (nSPS) is 18.9. The average Bonchev–Trinajstić information content (AvgIpc) is 2.61. The number of aliphatic carboxylic acids is 1. The van der Waals surface area contributed by atoms with E-state index in [1.54, 1.807) is 12.1 Å². The molecule has 1 fully saturated rings. The zero-order valence-corrected chi connectivity index (χ0v) is 15.1. The van der Waals surface area contributed by atoms with Crippen LogP contribution in [0.3, 0.4) is 0 Å². The Morgan fingerprint density at radius 1 is 1.48 bits per heavy atom. The molecular formula is C17H24N2O5S. The molecular weight excluding hydrogens is 344 g/mol. The second-order valence-corrected chi connectivity index (χ2v) is 7.86. The average molecular weight is 368 g/mol. The van der Waals surface area contributed by atoms with Gasteiger partial charge in [-0.2, -0.15) is 17.0 Å². The van der Waals surface area contributed by atoms with Gasteiger partial charge in [-0.05, 0) is 18.9 Å². The van der Waals surface area contributed by atoms with Crippen molar-refractivity contribution in [3.05, 3.63) is 42.5 Å². The van der Waals surface area contributed by atoms with Crippen LogP contribution in [0.1, 0.15) is 18.4 Å². The lowest BCUT2D eigenvalue weighted by atomic mass is 10.0. The first-order valence-electron chi connectivity index (χ1n) is 8.11. The lowest BCUT2D eigenvalue weighted by molar-refractivity contribution is -0.142. The zero-order valence-electron chi connectivity index (χ0n) is 14.3. The Kier molecular flexibility index (Phi) is 6.57. The van der Waals surface area contributed by atoms with Crippen molar-refractivity contribution in [2.24, 2.45) is 5.92 Å². The first-order chi connectivity index (χ1) is 11.9. The monoisotopic (exact) mass is 368 g/mol. The van der Waals surface area contributed by atoms with Gasteiger partial charge in [0.15, 0.2) is 0 Å². The minimum atomic E-state index is -3.80.